The molecule has 0 bridgehead atoms. The maximum absolute atomic E-state index is 13.2. The van der Waals surface area contributed by atoms with Gasteiger partial charge in [0.05, 0.1) is 0 Å². The average Bonchev–Trinajstić information content (AvgIpc) is 2.35. The standard InChI is InChI=1S/C15H21BrFN/c16-14-8-13(9-15(17)10-14)11-18-7-6-12-4-2-1-3-5-12/h8-10,12,18H,1-7,11H2. The fraction of sp³-hybridized carbons (Fsp3) is 0.600. The van der Waals surface area contributed by atoms with Crippen LogP contribution in [0.1, 0.15) is 44.1 Å². The van der Waals surface area contributed by atoms with E-state index in [0.717, 1.165) is 29.0 Å². The number of halogens is 2. The second-order valence-electron chi connectivity index (χ2n) is 5.25. The lowest BCUT2D eigenvalue weighted by atomic mass is 9.87. The van der Waals surface area contributed by atoms with Crippen LogP contribution in [0.3, 0.4) is 0 Å². The number of nitrogens with one attached hydrogen (secondary N) is 1. The zero-order valence-electron chi connectivity index (χ0n) is 10.7. The Kier molecular flexibility index (Phi) is 5.64. The highest BCUT2D eigenvalue weighted by Gasteiger charge is 2.12. The normalized spacial score (nSPS) is 17.0. The molecule has 1 N–H and O–H groups in total. The Morgan fingerprint density at radius 1 is 1.17 bits per heavy atom. The minimum absolute atomic E-state index is 0.173. The Balaban J connectivity index is 1.68. The highest BCUT2D eigenvalue weighted by atomic mass is 79.9. The molecule has 18 heavy (non-hydrogen) atoms. The van der Waals surface area contributed by atoms with Gasteiger partial charge in [-0.2, -0.15) is 0 Å². The first-order valence-electron chi connectivity index (χ1n) is 6.90. The Bertz CT molecular complexity index is 355. The van der Waals surface area contributed by atoms with Crippen molar-refractivity contribution in [2.75, 3.05) is 6.54 Å². The van der Waals surface area contributed by atoms with Gasteiger partial charge in [0, 0.05) is 11.0 Å². The van der Waals surface area contributed by atoms with E-state index in [1.165, 1.54) is 44.6 Å². The van der Waals surface area contributed by atoms with Gasteiger partial charge in [0.25, 0.3) is 0 Å². The fourth-order valence-electron chi connectivity index (χ4n) is 2.73. The summed E-state index contributed by atoms with van der Waals surface area (Å²) in [6.45, 7) is 1.79. The van der Waals surface area contributed by atoms with Crippen LogP contribution in [0.2, 0.25) is 0 Å². The van der Waals surface area contributed by atoms with Crippen LogP contribution in [-0.4, -0.2) is 6.54 Å². The third-order valence-electron chi connectivity index (χ3n) is 3.71. The first-order chi connectivity index (χ1) is 8.74. The van der Waals surface area contributed by atoms with Crippen LogP contribution < -0.4 is 5.32 Å². The van der Waals surface area contributed by atoms with Gasteiger partial charge in [0.15, 0.2) is 0 Å². The van der Waals surface area contributed by atoms with Crippen molar-refractivity contribution >= 4 is 15.9 Å². The lowest BCUT2D eigenvalue weighted by molar-refractivity contribution is 0.334. The molecule has 0 unspecified atom stereocenters. The summed E-state index contributed by atoms with van der Waals surface area (Å²) >= 11 is 3.32. The van der Waals surface area contributed by atoms with Gasteiger partial charge in [-0.1, -0.05) is 48.0 Å². The first-order valence-corrected chi connectivity index (χ1v) is 7.69. The van der Waals surface area contributed by atoms with Gasteiger partial charge >= 0.3 is 0 Å². The van der Waals surface area contributed by atoms with Gasteiger partial charge in [-0.05, 0) is 42.6 Å². The van der Waals surface area contributed by atoms with Crippen LogP contribution in [0.15, 0.2) is 22.7 Å². The van der Waals surface area contributed by atoms with E-state index >= 15 is 0 Å². The summed E-state index contributed by atoms with van der Waals surface area (Å²) in [6, 6.07) is 5.06. The molecule has 1 aromatic carbocycles. The Morgan fingerprint density at radius 3 is 2.67 bits per heavy atom. The zero-order chi connectivity index (χ0) is 12.8. The molecule has 1 fully saturated rings. The van der Waals surface area contributed by atoms with Crippen molar-refractivity contribution in [3.05, 3.63) is 34.1 Å². The lowest BCUT2D eigenvalue weighted by Gasteiger charge is -2.21. The molecule has 1 nitrogen and oxygen atoms in total. The molecule has 0 aromatic heterocycles. The summed E-state index contributed by atoms with van der Waals surface area (Å²) in [4.78, 5) is 0. The van der Waals surface area contributed by atoms with Crippen molar-refractivity contribution in [1.82, 2.24) is 5.32 Å². The van der Waals surface area contributed by atoms with Crippen molar-refractivity contribution in [1.29, 1.82) is 0 Å². The smallest absolute Gasteiger partial charge is 0.124 e. The van der Waals surface area contributed by atoms with Gasteiger partial charge in [-0.15, -0.1) is 0 Å². The fourth-order valence-corrected chi connectivity index (χ4v) is 3.24. The number of rotatable bonds is 5. The van der Waals surface area contributed by atoms with Gasteiger partial charge in [0.1, 0.15) is 5.82 Å². The highest BCUT2D eigenvalue weighted by Crippen LogP contribution is 2.25. The van der Waals surface area contributed by atoms with Crippen LogP contribution in [0, 0.1) is 11.7 Å². The summed E-state index contributed by atoms with van der Waals surface area (Å²) in [7, 11) is 0. The van der Waals surface area contributed by atoms with E-state index in [4.69, 9.17) is 0 Å². The molecular formula is C15H21BrFN. The molecule has 3 heteroatoms. The van der Waals surface area contributed by atoms with E-state index in [9.17, 15) is 4.39 Å². The second-order valence-corrected chi connectivity index (χ2v) is 6.16. The summed E-state index contributed by atoms with van der Waals surface area (Å²) in [6.07, 6.45) is 8.28. The number of hydrogen-bond donors (Lipinski definition) is 1. The molecule has 1 aliphatic rings. The molecule has 0 saturated heterocycles. The summed E-state index contributed by atoms with van der Waals surface area (Å²) in [5, 5.41) is 3.42. The molecule has 1 aliphatic carbocycles. The van der Waals surface area contributed by atoms with Crippen LogP contribution in [0.4, 0.5) is 4.39 Å². The Hall–Kier alpha value is -0.410. The van der Waals surface area contributed by atoms with Crippen LogP contribution in [-0.2, 0) is 6.54 Å². The van der Waals surface area contributed by atoms with Crippen LogP contribution in [0.25, 0.3) is 0 Å². The predicted molar refractivity (Wildman–Crippen MR) is 77.0 cm³/mol. The molecule has 0 amide bonds. The third-order valence-corrected chi connectivity index (χ3v) is 4.16. The molecule has 0 atom stereocenters. The van der Waals surface area contributed by atoms with E-state index in [1.807, 2.05) is 6.07 Å². The predicted octanol–water partition coefficient (Wildman–Crippen LogP) is 4.65. The third kappa shape index (κ3) is 4.69. The van der Waals surface area contributed by atoms with Crippen LogP contribution in [0.5, 0.6) is 0 Å². The van der Waals surface area contributed by atoms with Crippen molar-refractivity contribution < 1.29 is 4.39 Å². The lowest BCUT2D eigenvalue weighted by Crippen LogP contribution is -2.19. The molecule has 0 spiro atoms. The zero-order valence-corrected chi connectivity index (χ0v) is 12.3. The SMILES string of the molecule is Fc1cc(Br)cc(CNCCC2CCCCC2)c1. The molecule has 0 radical (unpaired) electrons. The molecular weight excluding hydrogens is 293 g/mol. The van der Waals surface area contributed by atoms with Crippen molar-refractivity contribution in [2.24, 2.45) is 5.92 Å². The Morgan fingerprint density at radius 2 is 1.94 bits per heavy atom. The van der Waals surface area contributed by atoms with Crippen molar-refractivity contribution in [3.63, 3.8) is 0 Å². The first kappa shape index (κ1) is 14.0. The monoisotopic (exact) mass is 313 g/mol. The minimum atomic E-state index is -0.173. The van der Waals surface area contributed by atoms with Crippen molar-refractivity contribution in [2.45, 2.75) is 45.1 Å². The molecule has 0 aliphatic heterocycles. The maximum Gasteiger partial charge on any atom is 0.124 e. The van der Waals surface area contributed by atoms with E-state index in [0.29, 0.717) is 0 Å². The average molecular weight is 314 g/mol. The second kappa shape index (κ2) is 7.25. The molecule has 1 aromatic rings. The van der Waals surface area contributed by atoms with Gasteiger partial charge in [0.2, 0.25) is 0 Å². The van der Waals surface area contributed by atoms with Gasteiger partial charge < -0.3 is 5.32 Å². The molecule has 0 heterocycles. The largest absolute Gasteiger partial charge is 0.313 e. The maximum atomic E-state index is 13.2. The molecule has 2 rings (SSSR count). The minimum Gasteiger partial charge on any atom is -0.313 e. The quantitative estimate of drug-likeness (QED) is 0.780. The van der Waals surface area contributed by atoms with Gasteiger partial charge in [-0.25, -0.2) is 4.39 Å². The topological polar surface area (TPSA) is 12.0 Å². The number of benzene rings is 1. The highest BCUT2D eigenvalue weighted by molar-refractivity contribution is 9.10. The van der Waals surface area contributed by atoms with Crippen LogP contribution >= 0.6 is 15.9 Å². The van der Waals surface area contributed by atoms with E-state index in [1.54, 1.807) is 6.07 Å². The van der Waals surface area contributed by atoms with E-state index in [2.05, 4.69) is 21.2 Å². The van der Waals surface area contributed by atoms with E-state index in [-0.39, 0.29) is 5.82 Å². The summed E-state index contributed by atoms with van der Waals surface area (Å²) in [5.74, 6) is 0.735. The summed E-state index contributed by atoms with van der Waals surface area (Å²) < 4.78 is 14.0. The molecule has 100 valence electrons. The van der Waals surface area contributed by atoms with Gasteiger partial charge in [-0.3, -0.25) is 0 Å². The number of hydrogen-bond acceptors (Lipinski definition) is 1. The van der Waals surface area contributed by atoms with E-state index < -0.39 is 0 Å². The Labute approximate surface area is 117 Å². The molecule has 1 saturated carbocycles. The summed E-state index contributed by atoms with van der Waals surface area (Å²) in [5.41, 5.74) is 1.01. The van der Waals surface area contributed by atoms with Crippen molar-refractivity contribution in [3.8, 4) is 0 Å².